The molecule has 0 heterocycles. The molecule has 0 bridgehead atoms. The van der Waals surface area contributed by atoms with E-state index in [1.54, 1.807) is 18.2 Å². The predicted molar refractivity (Wildman–Crippen MR) is 79.5 cm³/mol. The lowest BCUT2D eigenvalue weighted by Crippen LogP contribution is -2.26. The molecule has 116 valence electrons. The van der Waals surface area contributed by atoms with Crippen LogP contribution in [0, 0.1) is 11.3 Å². The van der Waals surface area contributed by atoms with Crippen LogP contribution >= 0.6 is 0 Å². The SMILES string of the molecule is CCOCCOCC(O)CNc1c(C#N)cccc1OC. The van der Waals surface area contributed by atoms with E-state index in [1.807, 2.05) is 6.92 Å². The quantitative estimate of drug-likeness (QED) is 0.635. The summed E-state index contributed by atoms with van der Waals surface area (Å²) in [4.78, 5) is 0. The molecular weight excluding hydrogens is 272 g/mol. The van der Waals surface area contributed by atoms with Crippen LogP contribution in [0.4, 0.5) is 5.69 Å². The molecule has 0 radical (unpaired) electrons. The van der Waals surface area contributed by atoms with Crippen molar-refractivity contribution in [3.8, 4) is 11.8 Å². The fourth-order valence-corrected chi connectivity index (χ4v) is 1.74. The van der Waals surface area contributed by atoms with Gasteiger partial charge in [-0.05, 0) is 19.1 Å². The number of aliphatic hydroxyl groups excluding tert-OH is 1. The number of benzene rings is 1. The minimum Gasteiger partial charge on any atom is -0.495 e. The maximum atomic E-state index is 9.84. The summed E-state index contributed by atoms with van der Waals surface area (Å²) in [6.07, 6.45) is -0.678. The summed E-state index contributed by atoms with van der Waals surface area (Å²) in [7, 11) is 1.54. The van der Waals surface area contributed by atoms with Crippen molar-refractivity contribution in [3.63, 3.8) is 0 Å². The average Bonchev–Trinajstić information content (AvgIpc) is 2.52. The molecular formula is C15H22N2O4. The molecule has 0 aliphatic rings. The summed E-state index contributed by atoms with van der Waals surface area (Å²) in [6, 6.07) is 7.28. The number of rotatable bonds is 10. The van der Waals surface area contributed by atoms with Crippen molar-refractivity contribution in [1.29, 1.82) is 5.26 Å². The third kappa shape index (κ3) is 6.00. The van der Waals surface area contributed by atoms with E-state index in [9.17, 15) is 5.11 Å². The molecule has 0 spiro atoms. The number of methoxy groups -OCH3 is 1. The number of nitrogens with zero attached hydrogens (tertiary/aromatic N) is 1. The van der Waals surface area contributed by atoms with Gasteiger partial charge in [0.05, 0.1) is 44.3 Å². The van der Waals surface area contributed by atoms with Gasteiger partial charge in [-0.2, -0.15) is 5.26 Å². The lowest BCUT2D eigenvalue weighted by atomic mass is 10.1. The van der Waals surface area contributed by atoms with Crippen LogP contribution in [-0.4, -0.2) is 51.3 Å². The summed E-state index contributed by atoms with van der Waals surface area (Å²) >= 11 is 0. The van der Waals surface area contributed by atoms with Gasteiger partial charge in [-0.3, -0.25) is 0 Å². The second kappa shape index (κ2) is 10.00. The average molecular weight is 294 g/mol. The van der Waals surface area contributed by atoms with Gasteiger partial charge in [-0.1, -0.05) is 6.07 Å². The van der Waals surface area contributed by atoms with Crippen molar-refractivity contribution < 1.29 is 19.3 Å². The third-order valence-electron chi connectivity index (χ3n) is 2.77. The van der Waals surface area contributed by atoms with Gasteiger partial charge >= 0.3 is 0 Å². The van der Waals surface area contributed by atoms with Crippen molar-refractivity contribution in [2.75, 3.05) is 45.4 Å². The number of ether oxygens (including phenoxy) is 3. The molecule has 6 heteroatoms. The van der Waals surface area contributed by atoms with Gasteiger partial charge in [-0.15, -0.1) is 0 Å². The summed E-state index contributed by atoms with van der Waals surface area (Å²) in [5.41, 5.74) is 1.05. The lowest BCUT2D eigenvalue weighted by Gasteiger charge is -2.16. The van der Waals surface area contributed by atoms with Crippen molar-refractivity contribution >= 4 is 5.69 Å². The van der Waals surface area contributed by atoms with Gasteiger partial charge in [0.15, 0.2) is 0 Å². The first-order chi connectivity index (χ1) is 10.2. The zero-order valence-corrected chi connectivity index (χ0v) is 12.5. The van der Waals surface area contributed by atoms with Gasteiger partial charge in [-0.25, -0.2) is 0 Å². The van der Waals surface area contributed by atoms with Crippen molar-refractivity contribution in [1.82, 2.24) is 0 Å². The van der Waals surface area contributed by atoms with Crippen LogP contribution in [0.15, 0.2) is 18.2 Å². The number of nitriles is 1. The molecule has 1 aromatic rings. The summed E-state index contributed by atoms with van der Waals surface area (Å²) in [5.74, 6) is 0.568. The molecule has 0 amide bonds. The Morgan fingerprint density at radius 2 is 2.10 bits per heavy atom. The van der Waals surface area contributed by atoms with E-state index >= 15 is 0 Å². The zero-order valence-electron chi connectivity index (χ0n) is 12.5. The topological polar surface area (TPSA) is 83.7 Å². The fraction of sp³-hybridized carbons (Fsp3) is 0.533. The molecule has 2 N–H and O–H groups in total. The smallest absolute Gasteiger partial charge is 0.143 e. The Morgan fingerprint density at radius 3 is 2.76 bits per heavy atom. The Kier molecular flexibility index (Phi) is 8.21. The monoisotopic (exact) mass is 294 g/mol. The Labute approximate surface area is 125 Å². The number of anilines is 1. The van der Waals surface area contributed by atoms with E-state index in [0.29, 0.717) is 36.8 Å². The van der Waals surface area contributed by atoms with Gasteiger partial charge in [0.2, 0.25) is 0 Å². The van der Waals surface area contributed by atoms with Gasteiger partial charge in [0.25, 0.3) is 0 Å². The van der Waals surface area contributed by atoms with E-state index < -0.39 is 6.10 Å². The Bertz CT molecular complexity index is 459. The van der Waals surface area contributed by atoms with Gasteiger partial charge in [0.1, 0.15) is 11.8 Å². The Hall–Kier alpha value is -1.81. The van der Waals surface area contributed by atoms with Crippen molar-refractivity contribution in [2.45, 2.75) is 13.0 Å². The first-order valence-corrected chi connectivity index (χ1v) is 6.87. The van der Waals surface area contributed by atoms with Crippen LogP contribution < -0.4 is 10.1 Å². The minimum atomic E-state index is -0.678. The summed E-state index contributed by atoms with van der Waals surface area (Å²) in [6.45, 7) is 4.00. The van der Waals surface area contributed by atoms with E-state index in [-0.39, 0.29) is 13.2 Å². The van der Waals surface area contributed by atoms with Crippen molar-refractivity contribution in [3.05, 3.63) is 23.8 Å². The highest BCUT2D eigenvalue weighted by atomic mass is 16.5. The summed E-state index contributed by atoms with van der Waals surface area (Å²) in [5, 5.41) is 21.9. The molecule has 0 fully saturated rings. The van der Waals surface area contributed by atoms with Crippen LogP contribution in [0.25, 0.3) is 0 Å². The van der Waals surface area contributed by atoms with Crippen LogP contribution in [-0.2, 0) is 9.47 Å². The number of nitrogens with one attached hydrogen (secondary N) is 1. The van der Waals surface area contributed by atoms with E-state index in [1.165, 1.54) is 7.11 Å². The van der Waals surface area contributed by atoms with Crippen LogP contribution in [0.5, 0.6) is 5.75 Å². The second-order valence-corrected chi connectivity index (χ2v) is 4.30. The second-order valence-electron chi connectivity index (χ2n) is 4.30. The van der Waals surface area contributed by atoms with E-state index in [2.05, 4.69) is 11.4 Å². The molecule has 0 saturated carbocycles. The highest BCUT2D eigenvalue weighted by Crippen LogP contribution is 2.27. The van der Waals surface area contributed by atoms with Gasteiger partial charge < -0.3 is 24.6 Å². The maximum absolute atomic E-state index is 9.84. The molecule has 1 atom stereocenters. The zero-order chi connectivity index (χ0) is 15.5. The first-order valence-electron chi connectivity index (χ1n) is 6.87. The summed E-state index contributed by atoms with van der Waals surface area (Å²) < 4.78 is 15.6. The maximum Gasteiger partial charge on any atom is 0.143 e. The number of aliphatic hydroxyl groups is 1. The van der Waals surface area contributed by atoms with Gasteiger partial charge in [0, 0.05) is 13.2 Å². The molecule has 1 unspecified atom stereocenters. The Balaban J connectivity index is 2.42. The predicted octanol–water partition coefficient (Wildman–Crippen LogP) is 1.39. The first kappa shape index (κ1) is 17.2. The number of hydrogen-bond donors (Lipinski definition) is 2. The molecule has 21 heavy (non-hydrogen) atoms. The van der Waals surface area contributed by atoms with E-state index in [4.69, 9.17) is 19.5 Å². The van der Waals surface area contributed by atoms with Crippen molar-refractivity contribution in [2.24, 2.45) is 0 Å². The lowest BCUT2D eigenvalue weighted by molar-refractivity contribution is 0.0103. The fourth-order valence-electron chi connectivity index (χ4n) is 1.74. The molecule has 1 rings (SSSR count). The molecule has 0 aliphatic heterocycles. The molecule has 6 nitrogen and oxygen atoms in total. The Morgan fingerprint density at radius 1 is 1.33 bits per heavy atom. The molecule has 0 aliphatic carbocycles. The molecule has 0 saturated heterocycles. The minimum absolute atomic E-state index is 0.205. The third-order valence-corrected chi connectivity index (χ3v) is 2.77. The number of hydrogen-bond acceptors (Lipinski definition) is 6. The molecule has 0 aromatic heterocycles. The normalized spacial score (nSPS) is 11.7. The largest absolute Gasteiger partial charge is 0.495 e. The van der Waals surface area contributed by atoms with E-state index in [0.717, 1.165) is 0 Å². The number of para-hydroxylation sites is 1. The standard InChI is InChI=1S/C15H22N2O4/c1-3-20-7-8-21-11-13(18)10-17-15-12(9-16)5-4-6-14(15)19-2/h4-6,13,17-18H,3,7-8,10-11H2,1-2H3. The highest BCUT2D eigenvalue weighted by Gasteiger charge is 2.11. The molecule has 1 aromatic carbocycles. The van der Waals surface area contributed by atoms with Crippen LogP contribution in [0.1, 0.15) is 12.5 Å². The highest BCUT2D eigenvalue weighted by molar-refractivity contribution is 5.66. The van der Waals surface area contributed by atoms with Crippen LogP contribution in [0.3, 0.4) is 0 Å². The van der Waals surface area contributed by atoms with Crippen LogP contribution in [0.2, 0.25) is 0 Å².